The molecule has 0 saturated carbocycles. The molecule has 0 aliphatic heterocycles. The molecule has 0 atom stereocenters. The van der Waals surface area contributed by atoms with E-state index in [-0.39, 0.29) is 0 Å². The number of aryl methyl sites for hydroxylation is 1. The Balaban J connectivity index is 1.61. The molecule has 1 aliphatic rings. The number of hydrogen-bond acceptors (Lipinski definition) is 3. The van der Waals surface area contributed by atoms with E-state index in [0.29, 0.717) is 16.8 Å². The van der Waals surface area contributed by atoms with Crippen LogP contribution < -0.4 is 14.4 Å². The van der Waals surface area contributed by atoms with Crippen molar-refractivity contribution >= 4 is 29.2 Å². The summed E-state index contributed by atoms with van der Waals surface area (Å²) in [4.78, 5) is 0. The Kier molecular flexibility index (Phi) is 5.93. The molecule has 176 valence electrons. The van der Waals surface area contributed by atoms with Crippen LogP contribution in [0.3, 0.4) is 0 Å². The lowest BCUT2D eigenvalue weighted by atomic mass is 9.85. The van der Waals surface area contributed by atoms with Crippen LogP contribution in [0.25, 0.3) is 16.3 Å². The molecule has 1 aliphatic carbocycles. The largest absolute Gasteiger partial charge is 0.463 e. The molecule has 0 amide bonds. The van der Waals surface area contributed by atoms with Gasteiger partial charge >= 0.3 is 7.60 Å². The number of allylic oxidation sites excluding steroid dienone is 1. The molecular weight excluding hydrogens is 463 g/mol. The first-order valence-electron chi connectivity index (χ1n) is 12.1. The Labute approximate surface area is 211 Å². The molecule has 5 aromatic carbocycles. The Morgan fingerprint density at radius 2 is 1.22 bits per heavy atom. The van der Waals surface area contributed by atoms with Gasteiger partial charge in [0.05, 0.1) is 5.30 Å². The van der Waals surface area contributed by atoms with Crippen LogP contribution in [-0.2, 0) is 11.0 Å². The van der Waals surface area contributed by atoms with Crippen molar-refractivity contribution in [3.05, 3.63) is 144 Å². The summed E-state index contributed by atoms with van der Waals surface area (Å²) in [5.74, 6) is 0.989. The topological polar surface area (TPSA) is 35.5 Å². The quantitative estimate of drug-likeness (QED) is 0.226. The molecule has 0 bridgehead atoms. The van der Waals surface area contributed by atoms with Gasteiger partial charge in [-0.3, -0.25) is 0 Å². The van der Waals surface area contributed by atoms with Gasteiger partial charge in [0.25, 0.3) is 0 Å². The van der Waals surface area contributed by atoms with Gasteiger partial charge in [0, 0.05) is 5.56 Å². The Bertz CT molecular complexity index is 1560. The second-order valence-electron chi connectivity index (χ2n) is 8.80. The number of rotatable bonds is 6. The Morgan fingerprint density at radius 3 is 1.94 bits per heavy atom. The maximum absolute atomic E-state index is 14.9. The molecule has 4 heteroatoms. The lowest BCUT2D eigenvalue weighted by Crippen LogP contribution is -2.20. The van der Waals surface area contributed by atoms with Gasteiger partial charge < -0.3 is 9.05 Å². The molecule has 3 nitrogen and oxygen atoms in total. The zero-order valence-electron chi connectivity index (χ0n) is 19.7. The van der Waals surface area contributed by atoms with Crippen molar-refractivity contribution in [1.82, 2.24) is 0 Å². The van der Waals surface area contributed by atoms with Crippen LogP contribution in [0.1, 0.15) is 23.1 Å². The minimum absolute atomic E-state index is 0.494. The molecule has 0 unspecified atom stereocenters. The average molecular weight is 489 g/mol. The summed E-state index contributed by atoms with van der Waals surface area (Å²) < 4.78 is 27.4. The van der Waals surface area contributed by atoms with E-state index >= 15 is 0 Å². The SMILES string of the molecule is O=P(Oc1ccccc1)(Oc1ccccc1)c1ccc2ccccc2c1C1=CCCc2ccccc21. The zero-order chi connectivity index (χ0) is 24.4. The van der Waals surface area contributed by atoms with E-state index in [4.69, 9.17) is 9.05 Å². The van der Waals surface area contributed by atoms with Gasteiger partial charge in [-0.1, -0.05) is 97.1 Å². The van der Waals surface area contributed by atoms with Crippen LogP contribution in [0, 0.1) is 0 Å². The summed E-state index contributed by atoms with van der Waals surface area (Å²) >= 11 is 0. The van der Waals surface area contributed by atoms with Crippen molar-refractivity contribution in [2.45, 2.75) is 12.8 Å². The van der Waals surface area contributed by atoms with Crippen LogP contribution in [0.5, 0.6) is 11.5 Å². The van der Waals surface area contributed by atoms with Gasteiger partial charge in [0.15, 0.2) is 0 Å². The Hall–Kier alpha value is -4.07. The van der Waals surface area contributed by atoms with Crippen LogP contribution in [-0.4, -0.2) is 0 Å². The highest BCUT2D eigenvalue weighted by molar-refractivity contribution is 7.63. The van der Waals surface area contributed by atoms with E-state index in [9.17, 15) is 4.57 Å². The van der Waals surface area contributed by atoms with Crippen molar-refractivity contribution in [3.63, 3.8) is 0 Å². The van der Waals surface area contributed by atoms with Crippen LogP contribution in [0.4, 0.5) is 0 Å². The predicted octanol–water partition coefficient (Wildman–Crippen LogP) is 8.19. The van der Waals surface area contributed by atoms with Gasteiger partial charge in [0.2, 0.25) is 0 Å². The van der Waals surface area contributed by atoms with E-state index < -0.39 is 7.60 Å². The lowest BCUT2D eigenvalue weighted by Gasteiger charge is -2.26. The van der Waals surface area contributed by atoms with Gasteiger partial charge in [-0.05, 0) is 70.6 Å². The lowest BCUT2D eigenvalue weighted by molar-refractivity contribution is 0.399. The molecular formula is C32H25O3P. The van der Waals surface area contributed by atoms with Crippen molar-refractivity contribution in [1.29, 1.82) is 0 Å². The molecule has 0 spiro atoms. The fourth-order valence-corrected chi connectivity index (χ4v) is 6.65. The first-order valence-corrected chi connectivity index (χ1v) is 13.7. The number of fused-ring (bicyclic) bond motifs is 2. The van der Waals surface area contributed by atoms with E-state index in [2.05, 4.69) is 42.5 Å². The normalized spacial score (nSPS) is 13.1. The number of hydrogen-bond donors (Lipinski definition) is 0. The van der Waals surface area contributed by atoms with E-state index in [1.165, 1.54) is 5.56 Å². The second-order valence-corrected chi connectivity index (χ2v) is 10.6. The summed E-state index contributed by atoms with van der Waals surface area (Å²) in [6, 6.07) is 39.0. The molecule has 0 fully saturated rings. The third-order valence-corrected chi connectivity index (χ3v) is 8.34. The summed E-state index contributed by atoms with van der Waals surface area (Å²) in [5, 5.41) is 2.65. The molecule has 0 radical (unpaired) electrons. The molecule has 5 aromatic rings. The highest BCUT2D eigenvalue weighted by Gasteiger charge is 2.36. The van der Waals surface area contributed by atoms with Crippen molar-refractivity contribution in [2.75, 3.05) is 0 Å². The van der Waals surface area contributed by atoms with Gasteiger partial charge in [-0.2, -0.15) is 0 Å². The minimum atomic E-state index is -3.88. The van der Waals surface area contributed by atoms with Gasteiger partial charge in [-0.25, -0.2) is 4.57 Å². The fraction of sp³-hybridized carbons (Fsp3) is 0.0625. The Morgan fingerprint density at radius 1 is 0.611 bits per heavy atom. The number of para-hydroxylation sites is 2. The first kappa shape index (κ1) is 22.4. The van der Waals surface area contributed by atoms with Gasteiger partial charge in [0.1, 0.15) is 11.5 Å². The third-order valence-electron chi connectivity index (χ3n) is 6.48. The summed E-state index contributed by atoms with van der Waals surface area (Å²) in [6.07, 6.45) is 4.15. The molecule has 0 saturated heterocycles. The second kappa shape index (κ2) is 9.53. The van der Waals surface area contributed by atoms with Crippen molar-refractivity contribution in [2.24, 2.45) is 0 Å². The molecule has 0 aromatic heterocycles. The predicted molar refractivity (Wildman–Crippen MR) is 147 cm³/mol. The van der Waals surface area contributed by atoms with Crippen molar-refractivity contribution in [3.8, 4) is 11.5 Å². The van der Waals surface area contributed by atoms with Gasteiger partial charge in [-0.15, -0.1) is 0 Å². The van der Waals surface area contributed by atoms with E-state index in [1.54, 1.807) is 24.3 Å². The minimum Gasteiger partial charge on any atom is -0.413 e. The fourth-order valence-electron chi connectivity index (χ4n) is 4.85. The monoisotopic (exact) mass is 488 g/mol. The van der Waals surface area contributed by atoms with Crippen LogP contribution >= 0.6 is 7.60 Å². The van der Waals surface area contributed by atoms with Crippen LogP contribution in [0.15, 0.2) is 127 Å². The average Bonchev–Trinajstić information content (AvgIpc) is 2.93. The van der Waals surface area contributed by atoms with E-state index in [1.807, 2.05) is 60.7 Å². The zero-order valence-corrected chi connectivity index (χ0v) is 20.6. The number of benzene rings is 5. The summed E-state index contributed by atoms with van der Waals surface area (Å²) in [6.45, 7) is 0. The first-order chi connectivity index (χ1) is 17.7. The maximum Gasteiger partial charge on any atom is 0.463 e. The van der Waals surface area contributed by atoms with Crippen LogP contribution in [0.2, 0.25) is 0 Å². The molecule has 0 heterocycles. The van der Waals surface area contributed by atoms with E-state index in [0.717, 1.165) is 40.3 Å². The molecule has 6 rings (SSSR count). The maximum atomic E-state index is 14.9. The van der Waals surface area contributed by atoms with Crippen molar-refractivity contribution < 1.29 is 13.6 Å². The molecule has 0 N–H and O–H groups in total. The third kappa shape index (κ3) is 4.23. The molecule has 36 heavy (non-hydrogen) atoms. The highest BCUT2D eigenvalue weighted by atomic mass is 31.2. The standard InChI is InChI=1S/C32H25O3P/c33-36(34-26-15-3-1-4-16-26,35-27-17-5-2-6-18-27)31-23-22-25-13-8-10-20-29(25)32(31)30-21-11-14-24-12-7-9-19-28(24)30/h1-10,12-13,15-23H,11,14H2. The summed E-state index contributed by atoms with van der Waals surface area (Å²) in [5.41, 5.74) is 4.41. The summed E-state index contributed by atoms with van der Waals surface area (Å²) in [7, 11) is -3.88. The smallest absolute Gasteiger partial charge is 0.413 e. The highest BCUT2D eigenvalue weighted by Crippen LogP contribution is 2.51.